The van der Waals surface area contributed by atoms with Crippen molar-refractivity contribution in [3.8, 4) is 0 Å². The number of nitrogens with zero attached hydrogens (tertiary/aromatic N) is 2. The molecule has 0 aliphatic heterocycles. The highest BCUT2D eigenvalue weighted by atomic mass is 16.2. The fraction of sp³-hybridized carbons (Fsp3) is 0.625. The molecule has 0 bridgehead atoms. The van der Waals surface area contributed by atoms with E-state index in [1.807, 2.05) is 13.8 Å². The smallest absolute Gasteiger partial charge is 0.314 e. The first-order valence-corrected chi connectivity index (χ1v) is 4.57. The Morgan fingerprint density at radius 3 is 3.00 bits per heavy atom. The zero-order valence-electron chi connectivity index (χ0n) is 8.37. The maximum absolute atomic E-state index is 11.1. The van der Waals surface area contributed by atoms with Crippen molar-refractivity contribution < 1.29 is 4.79 Å². The number of aromatic amines is 1. The number of carbonyl (C=O) groups excluding carboxylic acids is 1. The van der Waals surface area contributed by atoms with Crippen molar-refractivity contribution in [1.29, 1.82) is 0 Å². The van der Waals surface area contributed by atoms with Gasteiger partial charge in [0.1, 0.15) is 12.2 Å². The SMILES string of the molecule is CC(C)NC(=O)NCCc1ncn[nH]1. The quantitative estimate of drug-likeness (QED) is 0.638. The third-order valence-electron chi connectivity index (χ3n) is 1.53. The van der Waals surface area contributed by atoms with Gasteiger partial charge in [-0.05, 0) is 13.8 Å². The molecule has 1 heterocycles. The number of amides is 2. The standard InChI is InChI=1S/C8H15N5O/c1-6(2)12-8(14)9-4-3-7-10-5-11-13-7/h5-6H,3-4H2,1-2H3,(H2,9,12,14)(H,10,11,13). The van der Waals surface area contributed by atoms with Crippen molar-refractivity contribution in [1.82, 2.24) is 25.8 Å². The predicted octanol–water partition coefficient (Wildman–Crippen LogP) is 0.0548. The zero-order valence-corrected chi connectivity index (χ0v) is 8.37. The second kappa shape index (κ2) is 5.21. The lowest BCUT2D eigenvalue weighted by molar-refractivity contribution is 0.238. The number of H-pyrrole nitrogens is 1. The second-order valence-electron chi connectivity index (χ2n) is 3.24. The summed E-state index contributed by atoms with van der Waals surface area (Å²) >= 11 is 0. The predicted molar refractivity (Wildman–Crippen MR) is 51.8 cm³/mol. The van der Waals surface area contributed by atoms with Crippen LogP contribution >= 0.6 is 0 Å². The van der Waals surface area contributed by atoms with E-state index in [0.29, 0.717) is 13.0 Å². The van der Waals surface area contributed by atoms with Gasteiger partial charge in [-0.2, -0.15) is 5.10 Å². The highest BCUT2D eigenvalue weighted by molar-refractivity contribution is 5.74. The van der Waals surface area contributed by atoms with Crippen molar-refractivity contribution in [2.24, 2.45) is 0 Å². The molecule has 0 saturated heterocycles. The molecule has 0 saturated carbocycles. The van der Waals surface area contributed by atoms with Gasteiger partial charge in [0.05, 0.1) is 0 Å². The minimum absolute atomic E-state index is 0.153. The Balaban J connectivity index is 2.12. The summed E-state index contributed by atoms with van der Waals surface area (Å²) in [5.41, 5.74) is 0. The van der Waals surface area contributed by atoms with Crippen molar-refractivity contribution >= 4 is 6.03 Å². The van der Waals surface area contributed by atoms with Crippen molar-refractivity contribution in [3.63, 3.8) is 0 Å². The molecule has 0 atom stereocenters. The Morgan fingerprint density at radius 2 is 2.43 bits per heavy atom. The fourth-order valence-corrected chi connectivity index (χ4v) is 0.959. The summed E-state index contributed by atoms with van der Waals surface area (Å²) in [4.78, 5) is 15.0. The molecule has 78 valence electrons. The van der Waals surface area contributed by atoms with Gasteiger partial charge in [-0.25, -0.2) is 9.78 Å². The van der Waals surface area contributed by atoms with Gasteiger partial charge >= 0.3 is 6.03 Å². The molecule has 6 nitrogen and oxygen atoms in total. The van der Waals surface area contributed by atoms with E-state index in [1.54, 1.807) is 0 Å². The lowest BCUT2D eigenvalue weighted by Crippen LogP contribution is -2.40. The van der Waals surface area contributed by atoms with Gasteiger partial charge in [0.15, 0.2) is 0 Å². The maximum atomic E-state index is 11.1. The Bertz CT molecular complexity index is 269. The molecule has 0 aliphatic carbocycles. The summed E-state index contributed by atoms with van der Waals surface area (Å²) in [5.74, 6) is 0.773. The molecule has 0 aliphatic rings. The molecule has 3 N–H and O–H groups in total. The number of hydrogen-bond acceptors (Lipinski definition) is 3. The van der Waals surface area contributed by atoms with E-state index < -0.39 is 0 Å². The number of urea groups is 1. The largest absolute Gasteiger partial charge is 0.338 e. The van der Waals surface area contributed by atoms with Crippen LogP contribution in [-0.4, -0.2) is 33.8 Å². The first-order chi connectivity index (χ1) is 6.68. The molecule has 14 heavy (non-hydrogen) atoms. The molecule has 1 aromatic rings. The van der Waals surface area contributed by atoms with Gasteiger partial charge in [-0.3, -0.25) is 5.10 Å². The number of hydrogen-bond donors (Lipinski definition) is 3. The summed E-state index contributed by atoms with van der Waals surface area (Å²) in [5, 5.41) is 11.9. The molecular formula is C8H15N5O. The summed E-state index contributed by atoms with van der Waals surface area (Å²) in [7, 11) is 0. The zero-order chi connectivity index (χ0) is 10.4. The van der Waals surface area contributed by atoms with Gasteiger partial charge in [0, 0.05) is 19.0 Å². The van der Waals surface area contributed by atoms with Crippen LogP contribution in [0.3, 0.4) is 0 Å². The van der Waals surface area contributed by atoms with Crippen LogP contribution in [0.2, 0.25) is 0 Å². The number of aromatic nitrogens is 3. The van der Waals surface area contributed by atoms with Gasteiger partial charge in [-0.15, -0.1) is 0 Å². The molecule has 2 amide bonds. The third-order valence-corrected chi connectivity index (χ3v) is 1.53. The molecule has 6 heteroatoms. The van der Waals surface area contributed by atoms with Crippen LogP contribution in [0.25, 0.3) is 0 Å². The van der Waals surface area contributed by atoms with Crippen LogP contribution in [0.4, 0.5) is 4.79 Å². The molecule has 1 rings (SSSR count). The van der Waals surface area contributed by atoms with E-state index >= 15 is 0 Å². The maximum Gasteiger partial charge on any atom is 0.314 e. The molecule has 0 spiro atoms. The van der Waals surface area contributed by atoms with Crippen LogP contribution in [0.5, 0.6) is 0 Å². The summed E-state index contributed by atoms with van der Waals surface area (Å²) in [6.07, 6.45) is 2.11. The Labute approximate surface area is 82.5 Å². The summed E-state index contributed by atoms with van der Waals surface area (Å²) in [6, 6.07) is -0.000190. The summed E-state index contributed by atoms with van der Waals surface area (Å²) in [6.45, 7) is 4.37. The first-order valence-electron chi connectivity index (χ1n) is 4.57. The van der Waals surface area contributed by atoms with Crippen molar-refractivity contribution in [2.75, 3.05) is 6.54 Å². The second-order valence-corrected chi connectivity index (χ2v) is 3.24. The van der Waals surface area contributed by atoms with Gasteiger partial charge < -0.3 is 10.6 Å². The van der Waals surface area contributed by atoms with Crippen molar-refractivity contribution in [2.45, 2.75) is 26.3 Å². The van der Waals surface area contributed by atoms with Crippen LogP contribution in [0.1, 0.15) is 19.7 Å². The normalized spacial score (nSPS) is 10.2. The van der Waals surface area contributed by atoms with Crippen LogP contribution in [-0.2, 0) is 6.42 Å². The summed E-state index contributed by atoms with van der Waals surface area (Å²) < 4.78 is 0. The molecule has 1 aromatic heterocycles. The number of rotatable bonds is 4. The fourth-order valence-electron chi connectivity index (χ4n) is 0.959. The third kappa shape index (κ3) is 3.88. The molecule has 0 aromatic carbocycles. The minimum Gasteiger partial charge on any atom is -0.338 e. The number of carbonyl (C=O) groups is 1. The highest BCUT2D eigenvalue weighted by Crippen LogP contribution is 1.85. The van der Waals surface area contributed by atoms with Crippen molar-refractivity contribution in [3.05, 3.63) is 12.2 Å². The lowest BCUT2D eigenvalue weighted by atomic mass is 10.4. The Kier molecular flexibility index (Phi) is 3.90. The van der Waals surface area contributed by atoms with E-state index in [1.165, 1.54) is 6.33 Å². The Morgan fingerprint density at radius 1 is 1.64 bits per heavy atom. The monoisotopic (exact) mass is 197 g/mol. The molecule has 0 fully saturated rings. The van der Waals surface area contributed by atoms with E-state index in [-0.39, 0.29) is 12.1 Å². The van der Waals surface area contributed by atoms with E-state index in [9.17, 15) is 4.79 Å². The van der Waals surface area contributed by atoms with Gasteiger partial charge in [0.25, 0.3) is 0 Å². The molecule has 0 radical (unpaired) electrons. The number of nitrogens with one attached hydrogen (secondary N) is 3. The van der Waals surface area contributed by atoms with Gasteiger partial charge in [-0.1, -0.05) is 0 Å². The van der Waals surface area contributed by atoms with Gasteiger partial charge in [0.2, 0.25) is 0 Å². The van der Waals surface area contributed by atoms with Crippen LogP contribution < -0.4 is 10.6 Å². The molecular weight excluding hydrogens is 182 g/mol. The topological polar surface area (TPSA) is 82.7 Å². The minimum atomic E-state index is -0.153. The van der Waals surface area contributed by atoms with E-state index in [2.05, 4.69) is 25.8 Å². The van der Waals surface area contributed by atoms with Crippen LogP contribution in [0, 0.1) is 0 Å². The van der Waals surface area contributed by atoms with E-state index in [4.69, 9.17) is 0 Å². The van der Waals surface area contributed by atoms with Crippen LogP contribution in [0.15, 0.2) is 6.33 Å². The average Bonchev–Trinajstić information content (AvgIpc) is 2.55. The lowest BCUT2D eigenvalue weighted by Gasteiger charge is -2.08. The molecule has 0 unspecified atom stereocenters. The highest BCUT2D eigenvalue weighted by Gasteiger charge is 2.01. The average molecular weight is 197 g/mol. The Hall–Kier alpha value is -1.59. The van der Waals surface area contributed by atoms with E-state index in [0.717, 1.165) is 5.82 Å². The first kappa shape index (κ1) is 10.5.